The molecule has 92 valence electrons. The molecule has 1 saturated heterocycles. The minimum absolute atomic E-state index is 0.510. The average molecular weight is 273 g/mol. The maximum absolute atomic E-state index is 9.18. The molecule has 0 atom stereocenters. The molecule has 17 heavy (non-hydrogen) atoms. The van der Waals surface area contributed by atoms with Gasteiger partial charge in [0.2, 0.25) is 0 Å². The van der Waals surface area contributed by atoms with Gasteiger partial charge in [-0.3, -0.25) is 0 Å². The Hall–Kier alpha value is -0.930. The number of halogens is 2. The van der Waals surface area contributed by atoms with Gasteiger partial charge < -0.3 is 10.1 Å². The lowest BCUT2D eigenvalue weighted by Crippen LogP contribution is -2.36. The van der Waals surface area contributed by atoms with E-state index in [2.05, 4.69) is 10.1 Å². The molecule has 0 bridgehead atoms. The van der Waals surface area contributed by atoms with Crippen molar-refractivity contribution in [1.82, 2.24) is 4.90 Å². The highest BCUT2D eigenvalue weighted by molar-refractivity contribution is 6.36. The minimum atomic E-state index is 0.510. The Bertz CT molecular complexity index is 429. The van der Waals surface area contributed by atoms with Gasteiger partial charge in [0, 0.05) is 23.7 Å². The molecular formula is C12H14Cl2N2O. The first-order chi connectivity index (χ1) is 8.22. The lowest BCUT2D eigenvalue weighted by atomic mass is 10.1. The molecule has 0 unspecified atom stereocenters. The standard InChI is InChI=1S/C12H14Cl2N2O/c13-9-4-5-10(11(14)8-9)12(15-17)16-6-2-1-3-7-16/h4-5,8,17H,1-3,6-7H2/b15-12+. The Labute approximate surface area is 111 Å². The number of amidine groups is 1. The van der Waals surface area contributed by atoms with Gasteiger partial charge in [-0.1, -0.05) is 28.4 Å². The van der Waals surface area contributed by atoms with E-state index in [4.69, 9.17) is 23.2 Å². The van der Waals surface area contributed by atoms with Crippen molar-refractivity contribution in [3.63, 3.8) is 0 Å². The van der Waals surface area contributed by atoms with Gasteiger partial charge in [0.25, 0.3) is 0 Å². The summed E-state index contributed by atoms with van der Waals surface area (Å²) >= 11 is 12.0. The van der Waals surface area contributed by atoms with Crippen molar-refractivity contribution < 1.29 is 5.21 Å². The van der Waals surface area contributed by atoms with Crippen molar-refractivity contribution in [2.24, 2.45) is 5.16 Å². The molecule has 1 fully saturated rings. The molecule has 1 aliphatic rings. The largest absolute Gasteiger partial charge is 0.409 e. The van der Waals surface area contributed by atoms with Crippen LogP contribution in [0.4, 0.5) is 0 Å². The lowest BCUT2D eigenvalue weighted by Gasteiger charge is -2.29. The lowest BCUT2D eigenvalue weighted by molar-refractivity contribution is 0.286. The first-order valence-corrected chi connectivity index (χ1v) is 6.40. The summed E-state index contributed by atoms with van der Waals surface area (Å²) in [6, 6.07) is 5.19. The molecule has 1 aromatic rings. The molecule has 1 aliphatic heterocycles. The predicted octanol–water partition coefficient (Wildman–Crippen LogP) is 3.62. The zero-order valence-corrected chi connectivity index (χ0v) is 10.9. The summed E-state index contributed by atoms with van der Waals surface area (Å²) in [5.74, 6) is 0.534. The third kappa shape index (κ3) is 2.85. The summed E-state index contributed by atoms with van der Waals surface area (Å²) in [6.45, 7) is 1.80. The van der Waals surface area contributed by atoms with Crippen LogP contribution in [-0.4, -0.2) is 29.0 Å². The SMILES string of the molecule is O/N=C(\c1ccc(Cl)cc1Cl)N1CCCCC1. The van der Waals surface area contributed by atoms with Crippen LogP contribution in [0, 0.1) is 0 Å². The van der Waals surface area contributed by atoms with Crippen molar-refractivity contribution in [3.8, 4) is 0 Å². The van der Waals surface area contributed by atoms with Crippen molar-refractivity contribution in [3.05, 3.63) is 33.8 Å². The number of likely N-dealkylation sites (tertiary alicyclic amines) is 1. The average Bonchev–Trinajstić information content (AvgIpc) is 2.34. The van der Waals surface area contributed by atoms with Crippen LogP contribution >= 0.6 is 23.2 Å². The van der Waals surface area contributed by atoms with Crippen molar-refractivity contribution in [2.45, 2.75) is 19.3 Å². The van der Waals surface area contributed by atoms with E-state index < -0.39 is 0 Å². The Morgan fingerprint density at radius 2 is 1.88 bits per heavy atom. The quantitative estimate of drug-likeness (QED) is 0.367. The summed E-state index contributed by atoms with van der Waals surface area (Å²) in [5, 5.41) is 13.7. The van der Waals surface area contributed by atoms with E-state index >= 15 is 0 Å². The van der Waals surface area contributed by atoms with E-state index in [0.717, 1.165) is 31.5 Å². The molecule has 0 saturated carbocycles. The van der Waals surface area contributed by atoms with Crippen molar-refractivity contribution in [1.29, 1.82) is 0 Å². The van der Waals surface area contributed by atoms with E-state index in [0.29, 0.717) is 15.9 Å². The highest BCUT2D eigenvalue weighted by Crippen LogP contribution is 2.24. The number of benzene rings is 1. The molecular weight excluding hydrogens is 259 g/mol. The van der Waals surface area contributed by atoms with Crippen molar-refractivity contribution in [2.75, 3.05) is 13.1 Å². The van der Waals surface area contributed by atoms with Gasteiger partial charge in [-0.25, -0.2) is 0 Å². The fourth-order valence-electron chi connectivity index (χ4n) is 2.06. The minimum Gasteiger partial charge on any atom is -0.409 e. The monoisotopic (exact) mass is 272 g/mol. The number of oxime groups is 1. The maximum atomic E-state index is 9.18. The Kier molecular flexibility index (Phi) is 4.13. The molecule has 0 aliphatic carbocycles. The highest BCUT2D eigenvalue weighted by atomic mass is 35.5. The van der Waals surface area contributed by atoms with E-state index in [1.165, 1.54) is 6.42 Å². The van der Waals surface area contributed by atoms with Gasteiger partial charge >= 0.3 is 0 Å². The van der Waals surface area contributed by atoms with Gasteiger partial charge in [-0.2, -0.15) is 0 Å². The van der Waals surface area contributed by atoms with Crippen LogP contribution in [0.15, 0.2) is 23.4 Å². The fourth-order valence-corrected chi connectivity index (χ4v) is 2.56. The van der Waals surface area contributed by atoms with Gasteiger partial charge in [-0.15, -0.1) is 0 Å². The molecule has 0 radical (unpaired) electrons. The smallest absolute Gasteiger partial charge is 0.176 e. The van der Waals surface area contributed by atoms with Crippen LogP contribution in [0.5, 0.6) is 0 Å². The summed E-state index contributed by atoms with van der Waals surface area (Å²) in [6.07, 6.45) is 3.46. The molecule has 1 aromatic carbocycles. The number of piperidine rings is 1. The number of rotatable bonds is 1. The summed E-state index contributed by atoms with van der Waals surface area (Å²) < 4.78 is 0. The molecule has 0 aromatic heterocycles. The van der Waals surface area contributed by atoms with Crippen molar-refractivity contribution >= 4 is 29.0 Å². The molecule has 1 N–H and O–H groups in total. The van der Waals surface area contributed by atoms with E-state index in [-0.39, 0.29) is 0 Å². The zero-order valence-electron chi connectivity index (χ0n) is 9.37. The van der Waals surface area contributed by atoms with Gasteiger partial charge in [-0.05, 0) is 37.5 Å². The Balaban J connectivity index is 2.28. The van der Waals surface area contributed by atoms with E-state index in [1.807, 2.05) is 0 Å². The molecule has 5 heteroatoms. The number of hydrogen-bond acceptors (Lipinski definition) is 2. The number of hydrogen-bond donors (Lipinski definition) is 1. The maximum Gasteiger partial charge on any atom is 0.176 e. The van der Waals surface area contributed by atoms with E-state index in [9.17, 15) is 5.21 Å². The summed E-state index contributed by atoms with van der Waals surface area (Å²) in [7, 11) is 0. The third-order valence-electron chi connectivity index (χ3n) is 2.92. The highest BCUT2D eigenvalue weighted by Gasteiger charge is 2.19. The van der Waals surface area contributed by atoms with Gasteiger partial charge in [0.05, 0.1) is 5.02 Å². The second-order valence-electron chi connectivity index (χ2n) is 4.10. The third-order valence-corrected chi connectivity index (χ3v) is 3.47. The molecule has 2 rings (SSSR count). The molecule has 0 amide bonds. The second-order valence-corrected chi connectivity index (χ2v) is 4.94. The van der Waals surface area contributed by atoms with Crippen LogP contribution in [-0.2, 0) is 0 Å². The summed E-state index contributed by atoms with van der Waals surface area (Å²) in [5.41, 5.74) is 0.723. The molecule has 3 nitrogen and oxygen atoms in total. The van der Waals surface area contributed by atoms with E-state index in [1.54, 1.807) is 18.2 Å². The predicted molar refractivity (Wildman–Crippen MR) is 70.2 cm³/mol. The van der Waals surface area contributed by atoms with Gasteiger partial charge in [0.15, 0.2) is 5.84 Å². The zero-order chi connectivity index (χ0) is 12.3. The first kappa shape index (κ1) is 12.5. The topological polar surface area (TPSA) is 35.8 Å². The van der Waals surface area contributed by atoms with Gasteiger partial charge in [0.1, 0.15) is 0 Å². The number of nitrogens with zero attached hydrogens (tertiary/aromatic N) is 2. The van der Waals surface area contributed by atoms with Crippen LogP contribution in [0.25, 0.3) is 0 Å². The molecule has 1 heterocycles. The normalized spacial score (nSPS) is 17.3. The second kappa shape index (κ2) is 5.61. The van der Waals surface area contributed by atoms with Crippen LogP contribution < -0.4 is 0 Å². The Morgan fingerprint density at radius 3 is 2.47 bits per heavy atom. The van der Waals surface area contributed by atoms with Crippen LogP contribution in [0.1, 0.15) is 24.8 Å². The van der Waals surface area contributed by atoms with Crippen LogP contribution in [0.3, 0.4) is 0 Å². The molecule has 0 spiro atoms. The first-order valence-electron chi connectivity index (χ1n) is 5.65. The summed E-state index contributed by atoms with van der Waals surface area (Å²) in [4.78, 5) is 2.05. The fraction of sp³-hybridized carbons (Fsp3) is 0.417. The van der Waals surface area contributed by atoms with Crippen LogP contribution in [0.2, 0.25) is 10.0 Å². The Morgan fingerprint density at radius 1 is 1.18 bits per heavy atom.